The summed E-state index contributed by atoms with van der Waals surface area (Å²) in [6.45, 7) is 1.73. The Bertz CT molecular complexity index is 673. The molecule has 0 spiro atoms. The van der Waals surface area contributed by atoms with E-state index in [0.29, 0.717) is 31.9 Å². The summed E-state index contributed by atoms with van der Waals surface area (Å²) in [7, 11) is 1.62. The second kappa shape index (κ2) is 10.5. The first-order valence-corrected chi connectivity index (χ1v) is 8.91. The highest BCUT2D eigenvalue weighted by Gasteiger charge is 2.07. The molecule has 0 unspecified atom stereocenters. The van der Waals surface area contributed by atoms with Gasteiger partial charge in [0.05, 0.1) is 6.61 Å². The Balaban J connectivity index is 1.67. The predicted octanol–water partition coefficient (Wildman–Crippen LogP) is 2.21. The van der Waals surface area contributed by atoms with Crippen molar-refractivity contribution in [3.8, 4) is 5.75 Å². The van der Waals surface area contributed by atoms with Crippen LogP contribution in [0.15, 0.2) is 41.1 Å². The van der Waals surface area contributed by atoms with E-state index < -0.39 is 0 Å². The van der Waals surface area contributed by atoms with Crippen LogP contribution < -0.4 is 15.4 Å². The van der Waals surface area contributed by atoms with Gasteiger partial charge in [-0.25, -0.2) is 0 Å². The normalized spacial score (nSPS) is 10.3. The molecule has 7 heteroatoms. The van der Waals surface area contributed by atoms with E-state index in [4.69, 9.17) is 9.47 Å². The first-order valence-electron chi connectivity index (χ1n) is 7.97. The lowest BCUT2D eigenvalue weighted by Crippen LogP contribution is -2.30. The van der Waals surface area contributed by atoms with Crippen molar-refractivity contribution in [2.45, 2.75) is 13.0 Å². The van der Waals surface area contributed by atoms with Gasteiger partial charge in [0.2, 0.25) is 5.91 Å². The number of carbonyl (C=O) groups is 2. The van der Waals surface area contributed by atoms with Crippen LogP contribution in [0.2, 0.25) is 0 Å². The average Bonchev–Trinajstić information content (AvgIpc) is 3.15. The number of benzene rings is 1. The highest BCUT2D eigenvalue weighted by molar-refractivity contribution is 7.08. The number of methoxy groups -OCH3 is 1. The molecule has 2 aromatic rings. The molecule has 0 saturated heterocycles. The summed E-state index contributed by atoms with van der Waals surface area (Å²) in [6, 6.07) is 9.30. The van der Waals surface area contributed by atoms with E-state index in [2.05, 4.69) is 10.6 Å². The standard InChI is InChI=1S/C18H22N2O4S/c1-23-8-9-24-16-4-2-3-14(11-16)12-20-17(21)5-7-19-18(22)15-6-10-25-13-15/h2-4,6,10-11,13H,5,7-9,12H2,1H3,(H,19,22)(H,20,21). The van der Waals surface area contributed by atoms with Gasteiger partial charge in [-0.3, -0.25) is 9.59 Å². The Morgan fingerprint density at radius 1 is 1.16 bits per heavy atom. The molecule has 1 aromatic heterocycles. The average molecular weight is 362 g/mol. The topological polar surface area (TPSA) is 76.7 Å². The molecular formula is C18H22N2O4S. The molecule has 134 valence electrons. The van der Waals surface area contributed by atoms with Crippen LogP contribution in [0.3, 0.4) is 0 Å². The number of carbonyl (C=O) groups excluding carboxylic acids is 2. The zero-order valence-electron chi connectivity index (χ0n) is 14.1. The van der Waals surface area contributed by atoms with E-state index in [1.54, 1.807) is 18.6 Å². The lowest BCUT2D eigenvalue weighted by Gasteiger charge is -2.09. The fourth-order valence-electron chi connectivity index (χ4n) is 2.06. The van der Waals surface area contributed by atoms with Gasteiger partial charge < -0.3 is 20.1 Å². The fraction of sp³-hybridized carbons (Fsp3) is 0.333. The van der Waals surface area contributed by atoms with Gasteiger partial charge in [0.25, 0.3) is 5.91 Å². The summed E-state index contributed by atoms with van der Waals surface area (Å²) < 4.78 is 10.5. The van der Waals surface area contributed by atoms with E-state index in [9.17, 15) is 9.59 Å². The molecule has 1 aromatic carbocycles. The maximum atomic E-state index is 11.9. The largest absolute Gasteiger partial charge is 0.491 e. The minimum Gasteiger partial charge on any atom is -0.491 e. The van der Waals surface area contributed by atoms with Crippen LogP contribution in [-0.2, 0) is 16.1 Å². The van der Waals surface area contributed by atoms with Crippen LogP contribution in [-0.4, -0.2) is 38.7 Å². The van der Waals surface area contributed by atoms with E-state index in [1.807, 2.05) is 29.6 Å². The third-order valence-corrected chi connectivity index (χ3v) is 4.05. The smallest absolute Gasteiger partial charge is 0.252 e. The molecule has 2 amide bonds. The third-order valence-electron chi connectivity index (χ3n) is 3.37. The molecule has 0 fully saturated rings. The third kappa shape index (κ3) is 6.94. The molecule has 0 atom stereocenters. The molecule has 6 nitrogen and oxygen atoms in total. The van der Waals surface area contributed by atoms with E-state index in [1.165, 1.54) is 11.3 Å². The number of hydrogen-bond acceptors (Lipinski definition) is 5. The molecular weight excluding hydrogens is 340 g/mol. The number of nitrogens with one attached hydrogen (secondary N) is 2. The SMILES string of the molecule is COCCOc1cccc(CNC(=O)CCNC(=O)c2ccsc2)c1. The summed E-state index contributed by atoms with van der Waals surface area (Å²) in [5.41, 5.74) is 1.57. The summed E-state index contributed by atoms with van der Waals surface area (Å²) in [6.07, 6.45) is 0.236. The van der Waals surface area contributed by atoms with E-state index in [-0.39, 0.29) is 18.2 Å². The van der Waals surface area contributed by atoms with Crippen molar-refractivity contribution < 1.29 is 19.1 Å². The number of rotatable bonds is 10. The second-order valence-corrected chi connectivity index (χ2v) is 6.06. The highest BCUT2D eigenvalue weighted by atomic mass is 32.1. The van der Waals surface area contributed by atoms with Crippen LogP contribution in [0.5, 0.6) is 5.75 Å². The maximum absolute atomic E-state index is 11.9. The van der Waals surface area contributed by atoms with Gasteiger partial charge in [-0.1, -0.05) is 12.1 Å². The Morgan fingerprint density at radius 2 is 2.04 bits per heavy atom. The molecule has 0 saturated carbocycles. The minimum atomic E-state index is -0.157. The van der Waals surface area contributed by atoms with Gasteiger partial charge in [0, 0.05) is 37.6 Å². The van der Waals surface area contributed by atoms with E-state index >= 15 is 0 Å². The monoisotopic (exact) mass is 362 g/mol. The molecule has 0 aliphatic carbocycles. The summed E-state index contributed by atoms with van der Waals surface area (Å²) in [5, 5.41) is 9.18. The molecule has 0 aliphatic rings. The molecule has 0 radical (unpaired) electrons. The van der Waals surface area contributed by atoms with Gasteiger partial charge in [0.1, 0.15) is 12.4 Å². The first kappa shape index (κ1) is 19.0. The summed E-state index contributed by atoms with van der Waals surface area (Å²) in [5.74, 6) is 0.470. The molecule has 0 aliphatic heterocycles. The van der Waals surface area contributed by atoms with Crippen LogP contribution in [0.25, 0.3) is 0 Å². The maximum Gasteiger partial charge on any atom is 0.252 e. The van der Waals surface area contributed by atoms with Gasteiger partial charge in [0.15, 0.2) is 0 Å². The fourth-order valence-corrected chi connectivity index (χ4v) is 2.70. The Labute approximate surface area is 151 Å². The van der Waals surface area contributed by atoms with Crippen LogP contribution in [0.4, 0.5) is 0 Å². The summed E-state index contributed by atoms with van der Waals surface area (Å²) in [4.78, 5) is 23.6. The van der Waals surface area contributed by atoms with Crippen molar-refractivity contribution in [1.82, 2.24) is 10.6 Å². The van der Waals surface area contributed by atoms with Crippen molar-refractivity contribution in [3.05, 3.63) is 52.2 Å². The van der Waals surface area contributed by atoms with Crippen LogP contribution in [0, 0.1) is 0 Å². The molecule has 0 bridgehead atoms. The van der Waals surface area contributed by atoms with E-state index in [0.717, 1.165) is 11.3 Å². The number of thiophene rings is 1. The van der Waals surface area contributed by atoms with Crippen molar-refractivity contribution in [3.63, 3.8) is 0 Å². The van der Waals surface area contributed by atoms with Gasteiger partial charge in [-0.05, 0) is 29.1 Å². The Hall–Kier alpha value is -2.38. The van der Waals surface area contributed by atoms with Crippen molar-refractivity contribution >= 4 is 23.2 Å². The number of amides is 2. The second-order valence-electron chi connectivity index (χ2n) is 5.28. The molecule has 2 N–H and O–H groups in total. The highest BCUT2D eigenvalue weighted by Crippen LogP contribution is 2.13. The first-order chi connectivity index (χ1) is 12.2. The lowest BCUT2D eigenvalue weighted by molar-refractivity contribution is -0.121. The summed E-state index contributed by atoms with van der Waals surface area (Å²) >= 11 is 1.46. The molecule has 1 heterocycles. The predicted molar refractivity (Wildman–Crippen MR) is 96.9 cm³/mol. The number of ether oxygens (including phenoxy) is 2. The van der Waals surface area contributed by atoms with Crippen molar-refractivity contribution in [1.29, 1.82) is 0 Å². The Morgan fingerprint density at radius 3 is 2.80 bits per heavy atom. The van der Waals surface area contributed by atoms with Gasteiger partial charge in [-0.2, -0.15) is 11.3 Å². The van der Waals surface area contributed by atoms with Crippen LogP contribution in [0.1, 0.15) is 22.3 Å². The lowest BCUT2D eigenvalue weighted by atomic mass is 10.2. The van der Waals surface area contributed by atoms with Crippen molar-refractivity contribution in [2.75, 3.05) is 26.9 Å². The minimum absolute atomic E-state index is 0.115. The molecule has 25 heavy (non-hydrogen) atoms. The number of hydrogen-bond donors (Lipinski definition) is 2. The zero-order chi connectivity index (χ0) is 17.9. The zero-order valence-corrected chi connectivity index (χ0v) is 14.9. The van der Waals surface area contributed by atoms with Gasteiger partial charge in [-0.15, -0.1) is 0 Å². The Kier molecular flexibility index (Phi) is 7.94. The quantitative estimate of drug-likeness (QED) is 0.636. The molecule has 2 rings (SSSR count). The van der Waals surface area contributed by atoms with Crippen molar-refractivity contribution in [2.24, 2.45) is 0 Å². The van der Waals surface area contributed by atoms with Crippen LogP contribution >= 0.6 is 11.3 Å². The van der Waals surface area contributed by atoms with Gasteiger partial charge >= 0.3 is 0 Å².